The maximum Gasteiger partial charge on any atom is 0.321 e. The highest BCUT2D eigenvalue weighted by Gasteiger charge is 2.26. The zero-order valence-electron chi connectivity index (χ0n) is 11.3. The number of hydrogen-bond donors (Lipinski definition) is 2. The fraction of sp³-hybridized carbons (Fsp3) is 0.429. The molecule has 0 aliphatic carbocycles. The van der Waals surface area contributed by atoms with Gasteiger partial charge >= 0.3 is 12.0 Å². The van der Waals surface area contributed by atoms with Crippen molar-refractivity contribution in [2.75, 3.05) is 18.4 Å². The van der Waals surface area contributed by atoms with Gasteiger partial charge in [0, 0.05) is 24.0 Å². The Morgan fingerprint density at radius 3 is 2.95 bits per heavy atom. The van der Waals surface area contributed by atoms with Crippen molar-refractivity contribution in [3.8, 4) is 0 Å². The molecule has 1 unspecified atom stereocenters. The van der Waals surface area contributed by atoms with E-state index in [4.69, 9.17) is 16.7 Å². The third-order valence-corrected chi connectivity index (χ3v) is 4.33. The fourth-order valence-electron chi connectivity index (χ4n) is 2.37. The van der Waals surface area contributed by atoms with Gasteiger partial charge in [-0.1, -0.05) is 27.5 Å². The Hall–Kier alpha value is -1.27. The minimum absolute atomic E-state index is 0.150. The average Bonchev–Trinajstić information content (AvgIpc) is 2.89. The summed E-state index contributed by atoms with van der Waals surface area (Å²) in [4.78, 5) is 24.5. The van der Waals surface area contributed by atoms with Crippen molar-refractivity contribution in [1.29, 1.82) is 0 Å². The SMILES string of the molecule is O=C(O)CCC1CCN(C(=O)Nc2cc(Br)ccc2Cl)C1. The number of nitrogens with one attached hydrogen (secondary N) is 1. The Labute approximate surface area is 136 Å². The van der Waals surface area contributed by atoms with Crippen LogP contribution < -0.4 is 5.32 Å². The predicted molar refractivity (Wildman–Crippen MR) is 84.7 cm³/mol. The van der Waals surface area contributed by atoms with Crippen LogP contribution in [0.1, 0.15) is 19.3 Å². The molecule has 7 heteroatoms. The van der Waals surface area contributed by atoms with Gasteiger partial charge in [-0.2, -0.15) is 0 Å². The van der Waals surface area contributed by atoms with E-state index in [1.807, 2.05) is 0 Å². The molecule has 1 aliphatic rings. The molecule has 1 saturated heterocycles. The molecule has 2 amide bonds. The van der Waals surface area contributed by atoms with Crippen molar-refractivity contribution in [2.24, 2.45) is 5.92 Å². The number of carbonyl (C=O) groups excluding carboxylic acids is 1. The van der Waals surface area contributed by atoms with E-state index in [1.54, 1.807) is 23.1 Å². The summed E-state index contributed by atoms with van der Waals surface area (Å²) in [6, 6.07) is 5.06. The Bertz CT molecular complexity index is 553. The highest BCUT2D eigenvalue weighted by atomic mass is 79.9. The first-order valence-electron chi connectivity index (χ1n) is 6.68. The van der Waals surface area contributed by atoms with Crippen LogP contribution in [0.3, 0.4) is 0 Å². The Morgan fingerprint density at radius 1 is 1.48 bits per heavy atom. The zero-order chi connectivity index (χ0) is 15.4. The maximum absolute atomic E-state index is 12.2. The van der Waals surface area contributed by atoms with E-state index in [0.717, 1.165) is 10.9 Å². The summed E-state index contributed by atoms with van der Waals surface area (Å²) >= 11 is 9.38. The van der Waals surface area contributed by atoms with Crippen molar-refractivity contribution < 1.29 is 14.7 Å². The van der Waals surface area contributed by atoms with Gasteiger partial charge in [-0.15, -0.1) is 0 Å². The quantitative estimate of drug-likeness (QED) is 0.840. The summed E-state index contributed by atoms with van der Waals surface area (Å²) in [5.41, 5.74) is 0.560. The number of carboxylic acids is 1. The van der Waals surface area contributed by atoms with Crippen molar-refractivity contribution >= 4 is 45.2 Å². The third kappa shape index (κ3) is 4.61. The molecule has 5 nitrogen and oxygen atoms in total. The number of carbonyl (C=O) groups is 2. The number of carboxylic acid groups (broad SMARTS) is 1. The number of halogens is 2. The van der Waals surface area contributed by atoms with Crippen LogP contribution >= 0.6 is 27.5 Å². The number of hydrogen-bond acceptors (Lipinski definition) is 2. The molecular formula is C14H16BrClN2O3. The Morgan fingerprint density at radius 2 is 2.24 bits per heavy atom. The van der Waals surface area contributed by atoms with Crippen LogP contribution in [0.5, 0.6) is 0 Å². The van der Waals surface area contributed by atoms with Crippen LogP contribution in [0.4, 0.5) is 10.5 Å². The molecule has 0 saturated carbocycles. The lowest BCUT2D eigenvalue weighted by atomic mass is 10.0. The highest BCUT2D eigenvalue weighted by Crippen LogP contribution is 2.27. The van der Waals surface area contributed by atoms with Crippen LogP contribution in [-0.2, 0) is 4.79 Å². The summed E-state index contributed by atoms with van der Waals surface area (Å²) in [5.74, 6) is -0.538. The van der Waals surface area contributed by atoms with Crippen molar-refractivity contribution in [2.45, 2.75) is 19.3 Å². The summed E-state index contributed by atoms with van der Waals surface area (Å²) in [5, 5.41) is 12.0. The molecule has 1 aliphatic heterocycles. The summed E-state index contributed by atoms with van der Waals surface area (Å²) < 4.78 is 0.836. The number of benzene rings is 1. The van der Waals surface area contributed by atoms with Crippen LogP contribution in [0.15, 0.2) is 22.7 Å². The summed E-state index contributed by atoms with van der Waals surface area (Å²) in [7, 11) is 0. The molecule has 1 fully saturated rings. The second kappa shape index (κ2) is 7.13. The molecule has 2 N–H and O–H groups in total. The molecule has 1 heterocycles. The molecule has 0 bridgehead atoms. The molecule has 0 radical (unpaired) electrons. The predicted octanol–water partition coefficient (Wildman–Crippen LogP) is 3.82. The van der Waals surface area contributed by atoms with Gasteiger partial charge < -0.3 is 15.3 Å². The Kier molecular flexibility index (Phi) is 5.47. The lowest BCUT2D eigenvalue weighted by molar-refractivity contribution is -0.137. The lowest BCUT2D eigenvalue weighted by Crippen LogP contribution is -2.33. The fourth-order valence-corrected chi connectivity index (χ4v) is 2.89. The molecule has 1 atom stereocenters. The Balaban J connectivity index is 1.90. The van der Waals surface area contributed by atoms with E-state index in [2.05, 4.69) is 21.2 Å². The number of urea groups is 1. The van der Waals surface area contributed by atoms with E-state index in [9.17, 15) is 9.59 Å². The van der Waals surface area contributed by atoms with Gasteiger partial charge in [0.2, 0.25) is 0 Å². The largest absolute Gasteiger partial charge is 0.481 e. The summed E-state index contributed by atoms with van der Waals surface area (Å²) in [6.45, 7) is 1.23. The topological polar surface area (TPSA) is 69.6 Å². The van der Waals surface area contributed by atoms with Gasteiger partial charge in [0.15, 0.2) is 0 Å². The van der Waals surface area contributed by atoms with Gasteiger partial charge in [-0.25, -0.2) is 4.79 Å². The molecule has 21 heavy (non-hydrogen) atoms. The van der Waals surface area contributed by atoms with Crippen LogP contribution in [0, 0.1) is 5.92 Å². The zero-order valence-corrected chi connectivity index (χ0v) is 13.7. The number of anilines is 1. The van der Waals surface area contributed by atoms with Crippen molar-refractivity contribution in [3.63, 3.8) is 0 Å². The molecular weight excluding hydrogens is 360 g/mol. The first-order chi connectivity index (χ1) is 9.95. The van der Waals surface area contributed by atoms with Gasteiger partial charge in [-0.3, -0.25) is 4.79 Å². The maximum atomic E-state index is 12.2. The van der Waals surface area contributed by atoms with Crippen LogP contribution in [0.25, 0.3) is 0 Å². The number of aliphatic carboxylic acids is 1. The van der Waals surface area contributed by atoms with Gasteiger partial charge in [-0.05, 0) is 37.0 Å². The molecule has 114 valence electrons. The van der Waals surface area contributed by atoms with Gasteiger partial charge in [0.05, 0.1) is 10.7 Å². The summed E-state index contributed by atoms with van der Waals surface area (Å²) in [6.07, 6.45) is 1.60. The molecule has 0 spiro atoms. The normalized spacial score (nSPS) is 17.8. The van der Waals surface area contributed by atoms with Gasteiger partial charge in [0.25, 0.3) is 0 Å². The number of nitrogens with zero attached hydrogens (tertiary/aromatic N) is 1. The smallest absolute Gasteiger partial charge is 0.321 e. The van der Waals surface area contributed by atoms with Crippen LogP contribution in [-0.4, -0.2) is 35.1 Å². The second-order valence-corrected chi connectivity index (χ2v) is 6.41. The van der Waals surface area contributed by atoms with Crippen LogP contribution in [0.2, 0.25) is 5.02 Å². The van der Waals surface area contributed by atoms with E-state index in [0.29, 0.717) is 30.2 Å². The minimum Gasteiger partial charge on any atom is -0.481 e. The van der Waals surface area contributed by atoms with E-state index in [-0.39, 0.29) is 18.4 Å². The molecule has 2 rings (SSSR count). The second-order valence-electron chi connectivity index (χ2n) is 5.09. The van der Waals surface area contributed by atoms with Crippen molar-refractivity contribution in [1.82, 2.24) is 4.90 Å². The molecule has 1 aromatic rings. The van der Waals surface area contributed by atoms with Crippen molar-refractivity contribution in [3.05, 3.63) is 27.7 Å². The first-order valence-corrected chi connectivity index (χ1v) is 7.85. The standard InChI is InChI=1S/C14H16BrClN2O3/c15-10-2-3-11(16)12(7-10)17-14(21)18-6-5-9(8-18)1-4-13(19)20/h2-3,7,9H,1,4-6,8H2,(H,17,21)(H,19,20). The van der Waals surface area contributed by atoms with Gasteiger partial charge in [0.1, 0.15) is 0 Å². The monoisotopic (exact) mass is 374 g/mol. The average molecular weight is 376 g/mol. The lowest BCUT2D eigenvalue weighted by Gasteiger charge is -2.18. The van der Waals surface area contributed by atoms with E-state index < -0.39 is 5.97 Å². The van der Waals surface area contributed by atoms with E-state index >= 15 is 0 Å². The third-order valence-electron chi connectivity index (χ3n) is 3.51. The molecule has 1 aromatic carbocycles. The number of amides is 2. The number of likely N-dealkylation sites (tertiary alicyclic amines) is 1. The number of rotatable bonds is 4. The highest BCUT2D eigenvalue weighted by molar-refractivity contribution is 9.10. The minimum atomic E-state index is -0.793. The van der Waals surface area contributed by atoms with E-state index in [1.165, 1.54) is 0 Å². The first kappa shape index (κ1) is 16.1. The molecule has 0 aromatic heterocycles.